The normalized spacial score (nSPS) is 11.5. The van der Waals surface area contributed by atoms with Crippen LogP contribution < -0.4 is 10.1 Å². The zero-order chi connectivity index (χ0) is 22.9. The topological polar surface area (TPSA) is 58.6 Å². The van der Waals surface area contributed by atoms with Crippen LogP contribution in [-0.4, -0.2) is 36.4 Å². The number of carbonyl (C=O) groups excluding carboxylic acids is 2. The summed E-state index contributed by atoms with van der Waals surface area (Å²) < 4.78 is 20.0. The fourth-order valence-corrected chi connectivity index (χ4v) is 3.50. The maximum absolute atomic E-state index is 14.4. The van der Waals surface area contributed by atoms with E-state index in [2.05, 4.69) is 5.32 Å². The van der Waals surface area contributed by atoms with E-state index in [0.717, 1.165) is 5.56 Å². The minimum absolute atomic E-state index is 0.0741. The number of likely N-dealkylation sites (N-methyl/N-ethyl adjacent to an activating group) is 1. The minimum Gasteiger partial charge on any atom is -0.484 e. The second-order valence-electron chi connectivity index (χ2n) is 7.18. The molecular formula is C25H24ClFN2O3. The van der Waals surface area contributed by atoms with Crippen LogP contribution in [0.25, 0.3) is 0 Å². The summed E-state index contributed by atoms with van der Waals surface area (Å²) in [5.74, 6) is -0.813. The van der Waals surface area contributed by atoms with Crippen molar-refractivity contribution in [3.8, 4) is 5.75 Å². The number of hydrogen-bond acceptors (Lipinski definition) is 3. The van der Waals surface area contributed by atoms with E-state index in [1.54, 1.807) is 42.5 Å². The number of nitrogens with zero attached hydrogens (tertiary/aromatic N) is 1. The predicted octanol–water partition coefficient (Wildman–Crippen LogP) is 4.24. The number of nitrogens with one attached hydrogen (secondary N) is 1. The molecule has 2 amide bonds. The first-order valence-electron chi connectivity index (χ1n) is 10.1. The number of carbonyl (C=O) groups is 2. The maximum Gasteiger partial charge on any atom is 0.261 e. The number of halogens is 2. The molecule has 0 saturated heterocycles. The monoisotopic (exact) mass is 454 g/mol. The highest BCUT2D eigenvalue weighted by atomic mass is 35.5. The van der Waals surface area contributed by atoms with E-state index >= 15 is 0 Å². The third-order valence-electron chi connectivity index (χ3n) is 4.97. The molecule has 0 aliphatic rings. The standard InChI is InChI=1S/C25H24ClFN2O3/c1-28-25(31)23(14-18-8-3-2-4-9-18)29(16-19-10-5-6-13-22(19)27)24(30)17-32-21-12-7-11-20(26)15-21/h2-13,15,23H,14,16-17H2,1H3,(H,28,31)/t23-/m1/s1. The minimum atomic E-state index is -0.850. The molecule has 0 heterocycles. The summed E-state index contributed by atoms with van der Waals surface area (Å²) in [7, 11) is 1.51. The first-order chi connectivity index (χ1) is 15.5. The van der Waals surface area contributed by atoms with Gasteiger partial charge in [0.1, 0.15) is 17.6 Å². The number of rotatable bonds is 9. The molecule has 0 saturated carbocycles. The van der Waals surface area contributed by atoms with E-state index in [-0.39, 0.29) is 25.5 Å². The molecule has 7 heteroatoms. The van der Waals surface area contributed by atoms with E-state index in [9.17, 15) is 14.0 Å². The molecule has 166 valence electrons. The molecule has 3 rings (SSSR count). The molecule has 5 nitrogen and oxygen atoms in total. The molecule has 0 radical (unpaired) electrons. The van der Waals surface area contributed by atoms with E-state index < -0.39 is 17.8 Å². The predicted molar refractivity (Wildman–Crippen MR) is 122 cm³/mol. The van der Waals surface area contributed by atoms with E-state index in [1.165, 1.54) is 18.0 Å². The first-order valence-corrected chi connectivity index (χ1v) is 10.5. The van der Waals surface area contributed by atoms with Crippen molar-refractivity contribution < 1.29 is 18.7 Å². The molecule has 1 N–H and O–H groups in total. The Bertz CT molecular complexity index is 1060. The van der Waals surface area contributed by atoms with Gasteiger partial charge in [-0.3, -0.25) is 9.59 Å². The quantitative estimate of drug-likeness (QED) is 0.526. The van der Waals surface area contributed by atoms with Gasteiger partial charge >= 0.3 is 0 Å². The molecule has 0 spiro atoms. The van der Waals surface area contributed by atoms with Crippen LogP contribution in [0.2, 0.25) is 5.02 Å². The van der Waals surface area contributed by atoms with Gasteiger partial charge in [-0.1, -0.05) is 66.2 Å². The second kappa shape index (κ2) is 11.3. The Hall–Kier alpha value is -3.38. The number of amides is 2. The van der Waals surface area contributed by atoms with Crippen LogP contribution in [0.3, 0.4) is 0 Å². The molecule has 0 aliphatic heterocycles. The highest BCUT2D eigenvalue weighted by Gasteiger charge is 2.30. The van der Waals surface area contributed by atoms with Crippen molar-refractivity contribution in [2.75, 3.05) is 13.7 Å². The number of benzene rings is 3. The van der Waals surface area contributed by atoms with Crippen molar-refractivity contribution >= 4 is 23.4 Å². The van der Waals surface area contributed by atoms with E-state index in [4.69, 9.17) is 16.3 Å². The highest BCUT2D eigenvalue weighted by molar-refractivity contribution is 6.30. The summed E-state index contributed by atoms with van der Waals surface area (Å²) in [5, 5.41) is 3.09. The lowest BCUT2D eigenvalue weighted by Crippen LogP contribution is -2.51. The van der Waals surface area contributed by atoms with Gasteiger partial charge in [-0.15, -0.1) is 0 Å². The Morgan fingerprint density at radius 3 is 2.44 bits per heavy atom. The Morgan fingerprint density at radius 1 is 1.03 bits per heavy atom. The van der Waals surface area contributed by atoms with Crippen molar-refractivity contribution in [2.45, 2.75) is 19.0 Å². The van der Waals surface area contributed by atoms with Gasteiger partial charge in [-0.05, 0) is 29.8 Å². The van der Waals surface area contributed by atoms with Gasteiger partial charge in [0.2, 0.25) is 5.91 Å². The van der Waals surface area contributed by atoms with Crippen molar-refractivity contribution in [1.29, 1.82) is 0 Å². The SMILES string of the molecule is CNC(=O)[C@@H](Cc1ccccc1)N(Cc1ccccc1F)C(=O)COc1cccc(Cl)c1. The van der Waals surface area contributed by atoms with Crippen molar-refractivity contribution in [3.63, 3.8) is 0 Å². The van der Waals surface area contributed by atoms with Crippen LogP contribution in [0.1, 0.15) is 11.1 Å². The highest BCUT2D eigenvalue weighted by Crippen LogP contribution is 2.19. The summed E-state index contributed by atoms with van der Waals surface area (Å²) >= 11 is 5.98. The summed E-state index contributed by atoms with van der Waals surface area (Å²) in [6.07, 6.45) is 0.276. The lowest BCUT2D eigenvalue weighted by molar-refractivity contribution is -0.142. The summed E-state index contributed by atoms with van der Waals surface area (Å²) in [5.41, 5.74) is 1.19. The van der Waals surface area contributed by atoms with Gasteiger partial charge in [0, 0.05) is 30.6 Å². The zero-order valence-electron chi connectivity index (χ0n) is 17.6. The molecule has 3 aromatic carbocycles. The molecular weight excluding hydrogens is 431 g/mol. The van der Waals surface area contributed by atoms with Crippen LogP contribution >= 0.6 is 11.6 Å². The maximum atomic E-state index is 14.4. The lowest BCUT2D eigenvalue weighted by atomic mass is 10.0. The third-order valence-corrected chi connectivity index (χ3v) is 5.21. The third kappa shape index (κ3) is 6.31. The largest absolute Gasteiger partial charge is 0.484 e. The molecule has 0 aromatic heterocycles. The average molecular weight is 455 g/mol. The van der Waals surface area contributed by atoms with Crippen LogP contribution in [0.5, 0.6) is 5.75 Å². The van der Waals surface area contributed by atoms with Gasteiger partial charge in [-0.2, -0.15) is 0 Å². The Kier molecular flexibility index (Phi) is 8.22. The summed E-state index contributed by atoms with van der Waals surface area (Å²) in [6.45, 7) is -0.396. The van der Waals surface area contributed by atoms with Gasteiger partial charge in [-0.25, -0.2) is 4.39 Å². The zero-order valence-corrected chi connectivity index (χ0v) is 18.4. The second-order valence-corrected chi connectivity index (χ2v) is 7.62. The number of hydrogen-bond donors (Lipinski definition) is 1. The van der Waals surface area contributed by atoms with Crippen LogP contribution in [-0.2, 0) is 22.6 Å². The van der Waals surface area contributed by atoms with Gasteiger partial charge in [0.05, 0.1) is 0 Å². The van der Waals surface area contributed by atoms with Gasteiger partial charge < -0.3 is 15.0 Å². The summed E-state index contributed by atoms with van der Waals surface area (Å²) in [6, 6.07) is 21.4. The van der Waals surface area contributed by atoms with Crippen molar-refractivity contribution in [2.24, 2.45) is 0 Å². The van der Waals surface area contributed by atoms with Crippen molar-refractivity contribution in [1.82, 2.24) is 10.2 Å². The first kappa shape index (κ1) is 23.3. The van der Waals surface area contributed by atoms with Gasteiger partial charge in [0.15, 0.2) is 6.61 Å². The Balaban J connectivity index is 1.88. The molecule has 0 bridgehead atoms. The van der Waals surface area contributed by atoms with Crippen LogP contribution in [0.15, 0.2) is 78.9 Å². The van der Waals surface area contributed by atoms with Crippen molar-refractivity contribution in [3.05, 3.63) is 101 Å². The molecule has 1 atom stereocenters. The molecule has 3 aromatic rings. The Morgan fingerprint density at radius 2 is 1.75 bits per heavy atom. The molecule has 0 unspecified atom stereocenters. The molecule has 0 aliphatic carbocycles. The molecule has 0 fully saturated rings. The fourth-order valence-electron chi connectivity index (χ4n) is 3.32. The average Bonchev–Trinajstić information content (AvgIpc) is 2.81. The van der Waals surface area contributed by atoms with Crippen LogP contribution in [0, 0.1) is 5.82 Å². The van der Waals surface area contributed by atoms with Crippen LogP contribution in [0.4, 0.5) is 4.39 Å². The fraction of sp³-hybridized carbons (Fsp3) is 0.200. The van der Waals surface area contributed by atoms with E-state index in [1.807, 2.05) is 30.3 Å². The lowest BCUT2D eigenvalue weighted by Gasteiger charge is -2.31. The smallest absolute Gasteiger partial charge is 0.261 e. The molecule has 32 heavy (non-hydrogen) atoms. The Labute approximate surface area is 191 Å². The number of ether oxygens (including phenoxy) is 1. The summed E-state index contributed by atoms with van der Waals surface area (Å²) in [4.78, 5) is 27.4. The van der Waals surface area contributed by atoms with Gasteiger partial charge in [0.25, 0.3) is 5.91 Å². The van der Waals surface area contributed by atoms with E-state index in [0.29, 0.717) is 16.3 Å².